The molecule has 0 radical (unpaired) electrons. The molecule has 4 aromatic rings. The van der Waals surface area contributed by atoms with Crippen LogP contribution in [-0.4, -0.2) is 39.6 Å². The van der Waals surface area contributed by atoms with Gasteiger partial charge in [-0.15, -0.1) is 0 Å². The minimum absolute atomic E-state index is 0.323. The molecule has 1 saturated heterocycles. The van der Waals surface area contributed by atoms with Gasteiger partial charge in [0.1, 0.15) is 11.5 Å². The second-order valence-electron chi connectivity index (χ2n) is 8.66. The largest absolute Gasteiger partial charge is 0.388 e. The molecule has 0 bridgehead atoms. The van der Waals surface area contributed by atoms with E-state index in [1.54, 1.807) is 12.1 Å². The van der Waals surface area contributed by atoms with Crippen molar-refractivity contribution in [2.45, 2.75) is 25.0 Å². The van der Waals surface area contributed by atoms with E-state index in [9.17, 15) is 14.3 Å². The number of halogens is 1. The zero-order valence-electron chi connectivity index (χ0n) is 18.6. The highest BCUT2D eigenvalue weighted by Crippen LogP contribution is 2.32. The van der Waals surface area contributed by atoms with Gasteiger partial charge in [0.05, 0.1) is 17.7 Å². The SMILES string of the molecule is O=C(Nc1ccccc1)Nc1ccc2c(c1)c(-c1ccc(F)cc1)nn2CC1(O)CCNCC1. The number of fused-ring (bicyclic) bond motifs is 1. The van der Waals surface area contributed by atoms with Gasteiger partial charge in [-0.1, -0.05) is 18.2 Å². The second kappa shape index (κ2) is 9.24. The molecular weight excluding hydrogens is 433 g/mol. The molecule has 1 aromatic heterocycles. The number of hydrogen-bond acceptors (Lipinski definition) is 4. The van der Waals surface area contributed by atoms with Crippen molar-refractivity contribution in [2.24, 2.45) is 0 Å². The average molecular weight is 460 g/mol. The summed E-state index contributed by atoms with van der Waals surface area (Å²) >= 11 is 0. The van der Waals surface area contributed by atoms with Crippen molar-refractivity contribution in [3.63, 3.8) is 0 Å². The number of benzene rings is 3. The molecule has 7 nitrogen and oxygen atoms in total. The fraction of sp³-hybridized carbons (Fsp3) is 0.231. The van der Waals surface area contributed by atoms with E-state index < -0.39 is 5.60 Å². The summed E-state index contributed by atoms with van der Waals surface area (Å²) in [6.45, 7) is 1.86. The second-order valence-corrected chi connectivity index (χ2v) is 8.66. The van der Waals surface area contributed by atoms with Crippen LogP contribution in [0.25, 0.3) is 22.2 Å². The van der Waals surface area contributed by atoms with Gasteiger partial charge in [0.25, 0.3) is 0 Å². The molecule has 4 N–H and O–H groups in total. The minimum atomic E-state index is -0.850. The first-order valence-electron chi connectivity index (χ1n) is 11.3. The minimum Gasteiger partial charge on any atom is -0.388 e. The molecule has 2 amide bonds. The zero-order chi connectivity index (χ0) is 23.5. The summed E-state index contributed by atoms with van der Waals surface area (Å²) in [6.07, 6.45) is 1.28. The standard InChI is InChI=1S/C26H26FN5O2/c27-19-8-6-18(7-9-19)24-22-16-21(30-25(33)29-20-4-2-1-3-5-20)10-11-23(22)32(31-24)17-26(34)12-14-28-15-13-26/h1-11,16,28,34H,12-15,17H2,(H2,29,30,33). The first-order chi connectivity index (χ1) is 16.5. The van der Waals surface area contributed by atoms with Crippen LogP contribution in [0.1, 0.15) is 12.8 Å². The highest BCUT2D eigenvalue weighted by molar-refractivity contribution is 6.02. The average Bonchev–Trinajstić information content (AvgIpc) is 3.17. The summed E-state index contributed by atoms with van der Waals surface area (Å²) in [5.74, 6) is -0.323. The lowest BCUT2D eigenvalue weighted by molar-refractivity contribution is -0.00709. The van der Waals surface area contributed by atoms with Crippen molar-refractivity contribution >= 4 is 28.3 Å². The van der Waals surface area contributed by atoms with E-state index in [0.717, 1.165) is 29.6 Å². The first-order valence-corrected chi connectivity index (χ1v) is 11.3. The van der Waals surface area contributed by atoms with Crippen LogP contribution in [0.2, 0.25) is 0 Å². The number of nitrogens with zero attached hydrogens (tertiary/aromatic N) is 2. The van der Waals surface area contributed by atoms with Crippen LogP contribution in [0.4, 0.5) is 20.6 Å². The van der Waals surface area contributed by atoms with Gasteiger partial charge in [-0.3, -0.25) is 4.68 Å². The predicted octanol–water partition coefficient (Wildman–Crippen LogP) is 4.60. The number of rotatable bonds is 5. The Kier molecular flexibility index (Phi) is 6.00. The Bertz CT molecular complexity index is 1300. The van der Waals surface area contributed by atoms with Crippen LogP contribution in [0.3, 0.4) is 0 Å². The smallest absolute Gasteiger partial charge is 0.323 e. The van der Waals surface area contributed by atoms with E-state index >= 15 is 0 Å². The highest BCUT2D eigenvalue weighted by Gasteiger charge is 2.31. The number of carbonyl (C=O) groups excluding carboxylic acids is 1. The van der Waals surface area contributed by atoms with Gasteiger partial charge in [0.2, 0.25) is 0 Å². The molecule has 174 valence electrons. The molecule has 0 spiro atoms. The van der Waals surface area contributed by atoms with E-state index in [0.29, 0.717) is 36.5 Å². The molecule has 1 aliphatic heterocycles. The summed E-state index contributed by atoms with van der Waals surface area (Å²) in [7, 11) is 0. The third kappa shape index (κ3) is 4.78. The molecule has 8 heteroatoms. The van der Waals surface area contributed by atoms with Crippen molar-refractivity contribution in [3.05, 3.63) is 78.6 Å². The fourth-order valence-corrected chi connectivity index (χ4v) is 4.34. The summed E-state index contributed by atoms with van der Waals surface area (Å²) < 4.78 is 15.4. The summed E-state index contributed by atoms with van der Waals surface area (Å²) in [5, 5.41) is 25.6. The molecule has 0 unspecified atom stereocenters. The van der Waals surface area contributed by atoms with E-state index in [2.05, 4.69) is 16.0 Å². The summed E-state index contributed by atoms with van der Waals surface area (Å²) in [4.78, 5) is 12.5. The van der Waals surface area contributed by atoms with Crippen molar-refractivity contribution < 1.29 is 14.3 Å². The number of amides is 2. The van der Waals surface area contributed by atoms with Crippen molar-refractivity contribution in [2.75, 3.05) is 23.7 Å². The Balaban J connectivity index is 1.49. The van der Waals surface area contributed by atoms with Crippen LogP contribution in [0.15, 0.2) is 72.8 Å². The van der Waals surface area contributed by atoms with Gasteiger partial charge in [-0.05, 0) is 80.5 Å². The number of hydrogen-bond donors (Lipinski definition) is 4. The van der Waals surface area contributed by atoms with E-state index in [4.69, 9.17) is 5.10 Å². The number of para-hydroxylation sites is 1. The third-order valence-corrected chi connectivity index (χ3v) is 6.14. The number of nitrogens with one attached hydrogen (secondary N) is 3. The predicted molar refractivity (Wildman–Crippen MR) is 131 cm³/mol. The van der Waals surface area contributed by atoms with Gasteiger partial charge < -0.3 is 21.1 Å². The van der Waals surface area contributed by atoms with Gasteiger partial charge in [-0.25, -0.2) is 9.18 Å². The highest BCUT2D eigenvalue weighted by atomic mass is 19.1. The fourth-order valence-electron chi connectivity index (χ4n) is 4.34. The topological polar surface area (TPSA) is 91.2 Å². The van der Waals surface area contributed by atoms with Gasteiger partial charge >= 0.3 is 6.03 Å². The zero-order valence-corrected chi connectivity index (χ0v) is 18.6. The third-order valence-electron chi connectivity index (χ3n) is 6.14. The lowest BCUT2D eigenvalue weighted by Gasteiger charge is -2.32. The Labute approximate surface area is 196 Å². The normalized spacial score (nSPS) is 15.2. The number of anilines is 2. The molecule has 0 atom stereocenters. The van der Waals surface area contributed by atoms with Crippen LogP contribution >= 0.6 is 0 Å². The maximum Gasteiger partial charge on any atom is 0.323 e. The van der Waals surface area contributed by atoms with E-state index in [-0.39, 0.29) is 11.8 Å². The summed E-state index contributed by atoms with van der Waals surface area (Å²) in [6, 6.07) is 20.6. The van der Waals surface area contributed by atoms with Gasteiger partial charge in [0.15, 0.2) is 0 Å². The lowest BCUT2D eigenvalue weighted by Crippen LogP contribution is -2.44. The van der Waals surface area contributed by atoms with Crippen LogP contribution < -0.4 is 16.0 Å². The number of piperidine rings is 1. The van der Waals surface area contributed by atoms with Crippen LogP contribution in [0, 0.1) is 5.82 Å². The molecule has 0 saturated carbocycles. The van der Waals surface area contributed by atoms with Gasteiger partial charge in [-0.2, -0.15) is 5.10 Å². The Morgan fingerprint density at radius 1 is 1.00 bits per heavy atom. The quantitative estimate of drug-likeness (QED) is 0.351. The van der Waals surface area contributed by atoms with E-state index in [1.165, 1.54) is 12.1 Å². The number of aliphatic hydroxyl groups is 1. The number of carbonyl (C=O) groups is 1. The maximum atomic E-state index is 13.5. The van der Waals surface area contributed by atoms with Crippen LogP contribution in [-0.2, 0) is 6.54 Å². The van der Waals surface area contributed by atoms with E-state index in [1.807, 2.05) is 53.2 Å². The molecule has 2 heterocycles. The van der Waals surface area contributed by atoms with Crippen molar-refractivity contribution in [1.82, 2.24) is 15.1 Å². The molecule has 3 aromatic carbocycles. The van der Waals surface area contributed by atoms with Crippen molar-refractivity contribution in [3.8, 4) is 11.3 Å². The Morgan fingerprint density at radius 3 is 2.44 bits per heavy atom. The first kappa shape index (κ1) is 22.1. The molecule has 1 aliphatic rings. The monoisotopic (exact) mass is 459 g/mol. The van der Waals surface area contributed by atoms with Gasteiger partial charge in [0, 0.05) is 22.3 Å². The Hall–Kier alpha value is -3.75. The Morgan fingerprint density at radius 2 is 1.71 bits per heavy atom. The number of urea groups is 1. The molecule has 1 fully saturated rings. The summed E-state index contributed by atoms with van der Waals surface area (Å²) in [5.41, 5.74) is 2.70. The maximum absolute atomic E-state index is 13.5. The number of aromatic nitrogens is 2. The molecule has 5 rings (SSSR count). The van der Waals surface area contributed by atoms with Crippen molar-refractivity contribution in [1.29, 1.82) is 0 Å². The molecular formula is C26H26FN5O2. The molecule has 34 heavy (non-hydrogen) atoms. The lowest BCUT2D eigenvalue weighted by atomic mass is 9.92. The molecule has 0 aliphatic carbocycles. The van der Waals surface area contributed by atoms with Crippen LogP contribution in [0.5, 0.6) is 0 Å².